The van der Waals surface area contributed by atoms with Crippen molar-refractivity contribution >= 4 is 0 Å². The summed E-state index contributed by atoms with van der Waals surface area (Å²) < 4.78 is 0. The molecule has 2 atom stereocenters. The third kappa shape index (κ3) is 1.50. The topological polar surface area (TPSA) is 32.3 Å². The van der Waals surface area contributed by atoms with Crippen LogP contribution >= 0.6 is 0 Å². The van der Waals surface area contributed by atoms with Crippen molar-refractivity contribution in [1.82, 2.24) is 5.32 Å². The van der Waals surface area contributed by atoms with Crippen LogP contribution in [0.15, 0.2) is 0 Å². The maximum Gasteiger partial charge on any atom is 0.0709 e. The van der Waals surface area contributed by atoms with E-state index in [0.29, 0.717) is 5.92 Å². The summed E-state index contributed by atoms with van der Waals surface area (Å²) in [7, 11) is 0. The molecular formula is C8H17NO. The molecule has 10 heavy (non-hydrogen) atoms. The fourth-order valence-corrected chi connectivity index (χ4v) is 1.55. The Kier molecular flexibility index (Phi) is 2.02. The van der Waals surface area contributed by atoms with Gasteiger partial charge in [0.15, 0.2) is 0 Å². The highest BCUT2D eigenvalue weighted by Crippen LogP contribution is 2.30. The number of aliphatic hydroxyl groups excluding tert-OH is 1. The van der Waals surface area contributed by atoms with Gasteiger partial charge >= 0.3 is 0 Å². The van der Waals surface area contributed by atoms with Crippen molar-refractivity contribution in [2.45, 2.75) is 26.9 Å². The molecule has 1 fully saturated rings. The zero-order valence-corrected chi connectivity index (χ0v) is 7.02. The number of β-amino-alcohol motifs (C(OH)–C–C–N with tert-alkyl or cyclic N) is 1. The molecule has 2 unspecified atom stereocenters. The van der Waals surface area contributed by atoms with Gasteiger partial charge < -0.3 is 10.4 Å². The molecular weight excluding hydrogens is 126 g/mol. The Labute approximate surface area is 62.6 Å². The summed E-state index contributed by atoms with van der Waals surface area (Å²) >= 11 is 0. The van der Waals surface area contributed by atoms with Crippen LogP contribution in [0.5, 0.6) is 0 Å². The van der Waals surface area contributed by atoms with Gasteiger partial charge in [-0.1, -0.05) is 20.8 Å². The molecule has 0 bridgehead atoms. The molecule has 1 saturated heterocycles. The summed E-state index contributed by atoms with van der Waals surface area (Å²) in [6.45, 7) is 8.25. The lowest BCUT2D eigenvalue weighted by atomic mass is 9.79. The van der Waals surface area contributed by atoms with Crippen LogP contribution in [0, 0.1) is 11.3 Å². The van der Waals surface area contributed by atoms with Gasteiger partial charge in [-0.15, -0.1) is 0 Å². The van der Waals surface area contributed by atoms with Gasteiger partial charge in [0.25, 0.3) is 0 Å². The molecule has 0 aromatic rings. The van der Waals surface area contributed by atoms with Crippen molar-refractivity contribution < 1.29 is 5.11 Å². The second kappa shape index (κ2) is 2.51. The van der Waals surface area contributed by atoms with E-state index in [1.54, 1.807) is 0 Å². The minimum Gasteiger partial charge on any atom is -0.391 e. The van der Waals surface area contributed by atoms with Crippen molar-refractivity contribution in [3.63, 3.8) is 0 Å². The van der Waals surface area contributed by atoms with Gasteiger partial charge in [0, 0.05) is 19.0 Å². The first-order valence-corrected chi connectivity index (χ1v) is 3.90. The third-order valence-corrected chi connectivity index (χ3v) is 2.29. The van der Waals surface area contributed by atoms with Crippen LogP contribution in [0.25, 0.3) is 0 Å². The number of rotatable bonds is 0. The first-order chi connectivity index (χ1) is 4.52. The largest absolute Gasteiger partial charge is 0.391 e. The molecule has 2 N–H and O–H groups in total. The maximum absolute atomic E-state index is 9.46. The number of hydrogen-bond donors (Lipinski definition) is 2. The average molecular weight is 143 g/mol. The van der Waals surface area contributed by atoms with Crippen LogP contribution in [0.3, 0.4) is 0 Å². The Morgan fingerprint density at radius 3 is 2.10 bits per heavy atom. The van der Waals surface area contributed by atoms with Gasteiger partial charge in [0.05, 0.1) is 6.10 Å². The summed E-state index contributed by atoms with van der Waals surface area (Å²) in [5.74, 6) is 0.424. The minimum atomic E-state index is -0.139. The first-order valence-electron chi connectivity index (χ1n) is 3.90. The van der Waals surface area contributed by atoms with Gasteiger partial charge in [-0.3, -0.25) is 0 Å². The fourth-order valence-electron chi connectivity index (χ4n) is 1.55. The van der Waals surface area contributed by atoms with E-state index in [-0.39, 0.29) is 11.5 Å². The first kappa shape index (κ1) is 8.02. The lowest BCUT2D eigenvalue weighted by molar-refractivity contribution is 0.0828. The van der Waals surface area contributed by atoms with E-state index in [2.05, 4.69) is 26.1 Å². The number of hydrogen-bond acceptors (Lipinski definition) is 2. The SMILES string of the molecule is CC(C)(C)C1CNCC1O. The number of aliphatic hydroxyl groups is 1. The van der Waals surface area contributed by atoms with Crippen LogP contribution in [-0.4, -0.2) is 24.3 Å². The van der Waals surface area contributed by atoms with E-state index in [4.69, 9.17) is 0 Å². The summed E-state index contributed by atoms with van der Waals surface area (Å²) in [6, 6.07) is 0. The van der Waals surface area contributed by atoms with Gasteiger partial charge in [-0.25, -0.2) is 0 Å². The molecule has 0 radical (unpaired) electrons. The van der Waals surface area contributed by atoms with Crippen LogP contribution in [0.1, 0.15) is 20.8 Å². The predicted octanol–water partition coefficient (Wildman–Crippen LogP) is 0.613. The van der Waals surface area contributed by atoms with Crippen molar-refractivity contribution in [2.75, 3.05) is 13.1 Å². The molecule has 1 rings (SSSR count). The molecule has 0 aliphatic carbocycles. The van der Waals surface area contributed by atoms with E-state index in [1.165, 1.54) is 0 Å². The normalized spacial score (nSPS) is 34.8. The summed E-state index contributed by atoms with van der Waals surface area (Å²) in [5.41, 5.74) is 0.239. The fraction of sp³-hybridized carbons (Fsp3) is 1.00. The van der Waals surface area contributed by atoms with Gasteiger partial charge in [0.1, 0.15) is 0 Å². The average Bonchev–Trinajstić information content (AvgIpc) is 2.11. The van der Waals surface area contributed by atoms with E-state index >= 15 is 0 Å². The smallest absolute Gasteiger partial charge is 0.0709 e. The molecule has 1 heterocycles. The van der Waals surface area contributed by atoms with Crippen molar-refractivity contribution in [1.29, 1.82) is 0 Å². The summed E-state index contributed by atoms with van der Waals surface area (Å²) in [4.78, 5) is 0. The third-order valence-electron chi connectivity index (χ3n) is 2.29. The van der Waals surface area contributed by atoms with Gasteiger partial charge in [0.2, 0.25) is 0 Å². The standard InChI is InChI=1S/C8H17NO/c1-8(2,3)6-4-9-5-7(6)10/h6-7,9-10H,4-5H2,1-3H3. The Hall–Kier alpha value is -0.0800. The zero-order valence-electron chi connectivity index (χ0n) is 7.02. The molecule has 1 aliphatic heterocycles. The summed E-state index contributed by atoms with van der Waals surface area (Å²) in [5, 5.41) is 12.6. The van der Waals surface area contributed by atoms with Crippen molar-refractivity contribution in [3.05, 3.63) is 0 Å². The van der Waals surface area contributed by atoms with E-state index in [1.807, 2.05) is 0 Å². The zero-order chi connectivity index (χ0) is 7.78. The monoisotopic (exact) mass is 143 g/mol. The van der Waals surface area contributed by atoms with Crippen LogP contribution in [-0.2, 0) is 0 Å². The van der Waals surface area contributed by atoms with Gasteiger partial charge in [-0.05, 0) is 5.41 Å². The summed E-state index contributed by atoms with van der Waals surface area (Å²) in [6.07, 6.45) is -0.139. The second-order valence-electron chi connectivity index (χ2n) is 4.20. The van der Waals surface area contributed by atoms with Crippen LogP contribution in [0.4, 0.5) is 0 Å². The van der Waals surface area contributed by atoms with Crippen molar-refractivity contribution in [2.24, 2.45) is 11.3 Å². The molecule has 0 saturated carbocycles. The quantitative estimate of drug-likeness (QED) is 0.521. The molecule has 1 aliphatic rings. The molecule has 2 nitrogen and oxygen atoms in total. The van der Waals surface area contributed by atoms with Crippen molar-refractivity contribution in [3.8, 4) is 0 Å². The van der Waals surface area contributed by atoms with Crippen LogP contribution in [0.2, 0.25) is 0 Å². The molecule has 2 heteroatoms. The van der Waals surface area contributed by atoms with Gasteiger partial charge in [-0.2, -0.15) is 0 Å². The Bertz CT molecular complexity index is 117. The molecule has 0 aromatic heterocycles. The highest BCUT2D eigenvalue weighted by Gasteiger charge is 2.34. The molecule has 0 amide bonds. The Balaban J connectivity index is 2.55. The van der Waals surface area contributed by atoms with Crippen LogP contribution < -0.4 is 5.32 Å². The lowest BCUT2D eigenvalue weighted by Crippen LogP contribution is -2.30. The minimum absolute atomic E-state index is 0.139. The highest BCUT2D eigenvalue weighted by atomic mass is 16.3. The maximum atomic E-state index is 9.46. The highest BCUT2D eigenvalue weighted by molar-refractivity contribution is 4.88. The Morgan fingerprint density at radius 2 is 1.90 bits per heavy atom. The van der Waals surface area contributed by atoms with E-state index < -0.39 is 0 Å². The molecule has 0 spiro atoms. The lowest BCUT2D eigenvalue weighted by Gasteiger charge is -2.28. The van der Waals surface area contributed by atoms with E-state index in [0.717, 1.165) is 13.1 Å². The number of nitrogens with one attached hydrogen (secondary N) is 1. The molecule has 0 aromatic carbocycles. The Morgan fingerprint density at radius 1 is 1.30 bits per heavy atom. The second-order valence-corrected chi connectivity index (χ2v) is 4.20. The predicted molar refractivity (Wildman–Crippen MR) is 41.8 cm³/mol. The molecule has 60 valence electrons. The van der Waals surface area contributed by atoms with E-state index in [9.17, 15) is 5.11 Å².